The van der Waals surface area contributed by atoms with Gasteiger partial charge in [0.05, 0.1) is 32.7 Å². The van der Waals surface area contributed by atoms with Crippen molar-refractivity contribution in [2.75, 3.05) is 20.0 Å². The van der Waals surface area contributed by atoms with E-state index in [0.717, 1.165) is 17.6 Å². The molecule has 1 aromatic rings. The third kappa shape index (κ3) is 8.93. The zero-order valence-electron chi connectivity index (χ0n) is 23.2. The van der Waals surface area contributed by atoms with E-state index in [1.165, 1.54) is 0 Å². The number of benzene rings is 1. The molecular weight excluding hydrogens is 500 g/mol. The minimum atomic E-state index is -3.80. The molecule has 1 aliphatic rings. The molecule has 4 atom stereocenters. The summed E-state index contributed by atoms with van der Waals surface area (Å²) in [5.74, 6) is -0.202. The highest BCUT2D eigenvalue weighted by molar-refractivity contribution is 7.86. The average molecular weight is 545 g/mol. The van der Waals surface area contributed by atoms with E-state index in [0.29, 0.717) is 13.0 Å². The minimum Gasteiger partial charge on any atom is -0.497 e. The van der Waals surface area contributed by atoms with Gasteiger partial charge in [-0.25, -0.2) is 0 Å². The van der Waals surface area contributed by atoms with Gasteiger partial charge in [-0.05, 0) is 56.1 Å². The topological polar surface area (TPSA) is 89.5 Å². The van der Waals surface area contributed by atoms with Gasteiger partial charge in [-0.15, -0.1) is 6.58 Å². The highest BCUT2D eigenvalue weighted by Gasteiger charge is 2.51. The van der Waals surface area contributed by atoms with Crippen molar-refractivity contribution in [1.82, 2.24) is 0 Å². The lowest BCUT2D eigenvalue weighted by atomic mass is 10.0. The molecule has 1 heterocycles. The van der Waals surface area contributed by atoms with Gasteiger partial charge in [0.1, 0.15) is 24.1 Å². The predicted octanol–water partition coefficient (Wildman–Crippen LogP) is 5.04. The number of hydrogen-bond donors (Lipinski definition) is 0. The Morgan fingerprint density at radius 2 is 1.67 bits per heavy atom. The van der Waals surface area contributed by atoms with E-state index in [-0.39, 0.29) is 11.6 Å². The van der Waals surface area contributed by atoms with Gasteiger partial charge < -0.3 is 23.4 Å². The van der Waals surface area contributed by atoms with Crippen LogP contribution in [0.4, 0.5) is 0 Å². The van der Waals surface area contributed by atoms with Crippen LogP contribution in [-0.2, 0) is 39.5 Å². The van der Waals surface area contributed by atoms with E-state index in [4.69, 9.17) is 27.6 Å². The highest BCUT2D eigenvalue weighted by Crippen LogP contribution is 2.39. The monoisotopic (exact) mass is 544 g/mol. The second kappa shape index (κ2) is 12.1. The molecule has 0 radical (unpaired) electrons. The Kier molecular flexibility index (Phi) is 10.4. The van der Waals surface area contributed by atoms with Gasteiger partial charge in [-0.1, -0.05) is 39.0 Å². The summed E-state index contributed by atoms with van der Waals surface area (Å²) in [5.41, 5.74) is 0.963. The largest absolute Gasteiger partial charge is 0.497 e. The van der Waals surface area contributed by atoms with Crippen LogP contribution in [0.15, 0.2) is 36.9 Å². The van der Waals surface area contributed by atoms with Gasteiger partial charge in [0.25, 0.3) is 10.1 Å². The van der Waals surface area contributed by atoms with Crippen molar-refractivity contribution in [1.29, 1.82) is 0 Å². The molecule has 0 amide bonds. The third-order valence-corrected chi connectivity index (χ3v) is 11.7. The fourth-order valence-electron chi connectivity index (χ4n) is 3.69. The molecule has 2 rings (SSSR count). The molecule has 206 valence electrons. The molecule has 0 aliphatic carbocycles. The van der Waals surface area contributed by atoms with E-state index in [9.17, 15) is 8.42 Å². The highest BCUT2D eigenvalue weighted by atomic mass is 32.2. The first kappa shape index (κ1) is 30.9. The zero-order chi connectivity index (χ0) is 27.4. The Morgan fingerprint density at radius 3 is 2.14 bits per heavy atom. The third-order valence-electron chi connectivity index (χ3n) is 6.63. The normalized spacial score (nSPS) is 22.2. The maximum Gasteiger partial charge on any atom is 0.264 e. The molecule has 1 aliphatic heterocycles. The van der Waals surface area contributed by atoms with Crippen LogP contribution in [0.25, 0.3) is 0 Å². The molecule has 0 spiro atoms. The molecule has 0 aromatic heterocycles. The fourth-order valence-corrected chi connectivity index (χ4v) is 5.32. The van der Waals surface area contributed by atoms with Gasteiger partial charge in [-0.2, -0.15) is 8.42 Å². The van der Waals surface area contributed by atoms with Crippen LogP contribution in [0.5, 0.6) is 5.75 Å². The van der Waals surface area contributed by atoms with Crippen molar-refractivity contribution in [3.8, 4) is 5.75 Å². The summed E-state index contributed by atoms with van der Waals surface area (Å²) in [6.07, 6.45) is 0.567. The molecule has 0 bridgehead atoms. The molecule has 1 saturated heterocycles. The van der Waals surface area contributed by atoms with Gasteiger partial charge in [0.2, 0.25) is 0 Å². The standard InChI is InChI=1S/C26H44O8SSi/c1-11-12-21(30-17-19-13-15-20(29-7)16-14-19)23-24(33-26(5,6)32-23)22(34-35(8,27)28)18-31-36(9,10)25(2,3)4/h11,13-16,21-24H,1,12,17-18H2,2-10H3/t21-,22-,23-,24-/m1/s1. The van der Waals surface area contributed by atoms with E-state index in [1.807, 2.05) is 24.3 Å². The van der Waals surface area contributed by atoms with Crippen molar-refractivity contribution in [2.45, 2.75) is 96.0 Å². The first-order chi connectivity index (χ1) is 16.5. The molecule has 10 heteroatoms. The van der Waals surface area contributed by atoms with Gasteiger partial charge in [-0.3, -0.25) is 4.18 Å². The van der Waals surface area contributed by atoms with Gasteiger partial charge >= 0.3 is 0 Å². The fraction of sp³-hybridized carbons (Fsp3) is 0.692. The second-order valence-corrected chi connectivity index (χ2v) is 17.6. The number of ether oxygens (including phenoxy) is 4. The molecule has 0 unspecified atom stereocenters. The van der Waals surface area contributed by atoms with Crippen molar-refractivity contribution in [2.24, 2.45) is 0 Å². The Hall–Kier alpha value is -1.27. The van der Waals surface area contributed by atoms with E-state index >= 15 is 0 Å². The first-order valence-corrected chi connectivity index (χ1v) is 16.9. The molecular formula is C26H44O8SSi. The van der Waals surface area contributed by atoms with E-state index in [2.05, 4.69) is 40.4 Å². The lowest BCUT2D eigenvalue weighted by Crippen LogP contribution is -2.50. The second-order valence-electron chi connectivity index (χ2n) is 11.2. The van der Waals surface area contributed by atoms with E-state index in [1.54, 1.807) is 27.0 Å². The van der Waals surface area contributed by atoms with Crippen LogP contribution in [0.2, 0.25) is 18.1 Å². The SMILES string of the molecule is C=CC[C@@H](OCc1ccc(OC)cc1)[C@H]1OC(C)(C)O[C@@H]1[C@@H](CO[Si](C)(C)C(C)(C)C)OS(C)(=O)=O. The summed E-state index contributed by atoms with van der Waals surface area (Å²) in [6, 6.07) is 7.60. The maximum absolute atomic E-state index is 12.2. The molecule has 1 aromatic carbocycles. The first-order valence-electron chi connectivity index (χ1n) is 12.2. The Balaban J connectivity index is 2.30. The van der Waals surface area contributed by atoms with Crippen LogP contribution < -0.4 is 4.74 Å². The van der Waals surface area contributed by atoms with Gasteiger partial charge in [0.15, 0.2) is 14.1 Å². The quantitative estimate of drug-likeness (QED) is 0.194. The van der Waals surface area contributed by atoms with Crippen molar-refractivity contribution in [3.63, 3.8) is 0 Å². The Morgan fingerprint density at radius 1 is 1.11 bits per heavy atom. The Bertz CT molecular complexity index is 953. The van der Waals surface area contributed by atoms with Crippen molar-refractivity contribution in [3.05, 3.63) is 42.5 Å². The summed E-state index contributed by atoms with van der Waals surface area (Å²) in [4.78, 5) is 0. The summed E-state index contributed by atoms with van der Waals surface area (Å²) in [7, 11) is -4.37. The molecule has 1 fully saturated rings. The summed E-state index contributed by atoms with van der Waals surface area (Å²) >= 11 is 0. The number of hydrogen-bond acceptors (Lipinski definition) is 8. The van der Waals surface area contributed by atoms with E-state index < -0.39 is 48.6 Å². The molecule has 36 heavy (non-hydrogen) atoms. The van der Waals surface area contributed by atoms with Gasteiger partial charge in [0, 0.05) is 0 Å². The van der Waals surface area contributed by atoms with Crippen LogP contribution in [0.3, 0.4) is 0 Å². The van der Waals surface area contributed by atoms with Crippen LogP contribution in [0, 0.1) is 0 Å². The lowest BCUT2D eigenvalue weighted by Gasteiger charge is -2.38. The zero-order valence-corrected chi connectivity index (χ0v) is 25.0. The number of methoxy groups -OCH3 is 1. The maximum atomic E-state index is 12.2. The van der Waals surface area contributed by atoms with Crippen molar-refractivity contribution < 1.29 is 36.0 Å². The Labute approximate surface area is 218 Å². The number of rotatable bonds is 13. The van der Waals surface area contributed by atoms with Crippen molar-refractivity contribution >= 4 is 18.4 Å². The van der Waals surface area contributed by atoms with Crippen LogP contribution >= 0.6 is 0 Å². The van der Waals surface area contributed by atoms with Crippen LogP contribution in [0.1, 0.15) is 46.6 Å². The molecule has 8 nitrogen and oxygen atoms in total. The summed E-state index contributed by atoms with van der Waals surface area (Å²) in [5, 5.41) is -0.0544. The summed E-state index contributed by atoms with van der Waals surface area (Å²) in [6.45, 7) is 18.4. The predicted molar refractivity (Wildman–Crippen MR) is 143 cm³/mol. The minimum absolute atomic E-state index is 0.0544. The van der Waals surface area contributed by atoms with Crippen LogP contribution in [-0.4, -0.2) is 66.9 Å². The molecule has 0 N–H and O–H groups in total. The molecule has 0 saturated carbocycles. The summed E-state index contributed by atoms with van der Waals surface area (Å²) < 4.78 is 60.3. The lowest BCUT2D eigenvalue weighted by molar-refractivity contribution is -0.163. The average Bonchev–Trinajstić information content (AvgIpc) is 3.08. The smallest absolute Gasteiger partial charge is 0.264 e.